The maximum Gasteiger partial charge on any atom is 0.342 e. The minimum atomic E-state index is -3.83. The van der Waals surface area contributed by atoms with Crippen LogP contribution in [0.3, 0.4) is 0 Å². The second-order valence-electron chi connectivity index (χ2n) is 9.06. The van der Waals surface area contributed by atoms with Gasteiger partial charge in [-0.2, -0.15) is 0 Å². The fraction of sp³-hybridized carbons (Fsp3) is 0.385. The number of benzene rings is 1. The molecule has 0 bridgehead atoms. The van der Waals surface area contributed by atoms with Crippen molar-refractivity contribution in [2.45, 2.75) is 52.2 Å². The summed E-state index contributed by atoms with van der Waals surface area (Å²) in [7, 11) is -3.83. The van der Waals surface area contributed by atoms with Gasteiger partial charge in [0.1, 0.15) is 29.4 Å². The number of aromatic nitrogens is 4. The first-order valence-corrected chi connectivity index (χ1v) is 14.8. The van der Waals surface area contributed by atoms with E-state index in [-0.39, 0.29) is 42.4 Å². The molecule has 1 aliphatic rings. The van der Waals surface area contributed by atoms with Gasteiger partial charge in [0.05, 0.1) is 19.4 Å². The van der Waals surface area contributed by atoms with E-state index in [1.807, 2.05) is 0 Å². The first-order valence-electron chi connectivity index (χ1n) is 13.0. The number of carbonyl (C=O) groups excluding carboxylic acids is 2. The first kappa shape index (κ1) is 33.3. The van der Waals surface area contributed by atoms with Gasteiger partial charge in [-0.15, -0.1) is 0 Å². The molecule has 0 spiro atoms. The van der Waals surface area contributed by atoms with Crippen molar-refractivity contribution in [3.05, 3.63) is 54.9 Å². The van der Waals surface area contributed by atoms with Crippen molar-refractivity contribution in [2.24, 2.45) is 0 Å². The minimum Gasteiger partial charge on any atom is -0.481 e. The van der Waals surface area contributed by atoms with Crippen molar-refractivity contribution in [2.75, 3.05) is 18.7 Å². The zero-order chi connectivity index (χ0) is 31.6. The average Bonchev–Trinajstić information content (AvgIpc) is 3.55. The topological polar surface area (TPSA) is 207 Å². The molecule has 0 amide bonds. The number of aliphatic carboxylic acids is 1. The predicted molar refractivity (Wildman–Crippen MR) is 150 cm³/mol. The van der Waals surface area contributed by atoms with Gasteiger partial charge in [0.15, 0.2) is 36.2 Å². The van der Waals surface area contributed by atoms with E-state index >= 15 is 0 Å². The lowest BCUT2D eigenvalue weighted by Gasteiger charge is -2.24. The highest BCUT2D eigenvalue weighted by molar-refractivity contribution is 7.57. The molecule has 0 fully saturated rings. The molecule has 43 heavy (non-hydrogen) atoms. The number of ketones is 1. The Labute approximate surface area is 245 Å². The normalized spacial score (nSPS) is 18.1. The highest BCUT2D eigenvalue weighted by atomic mass is 31.2. The van der Waals surface area contributed by atoms with Crippen molar-refractivity contribution in [3.8, 4) is 5.75 Å². The molecule has 1 aromatic carbocycles. The Hall–Kier alpha value is -4.24. The Bertz CT molecular complexity index is 1490. The molecule has 4 N–H and O–H groups in total. The van der Waals surface area contributed by atoms with Gasteiger partial charge in [-0.3, -0.25) is 18.7 Å². The number of rotatable bonds is 13. The number of imidazole rings is 1. The molecule has 15 nitrogen and oxygen atoms in total. The molecule has 0 saturated carbocycles. The Morgan fingerprint density at radius 2 is 1.93 bits per heavy atom. The van der Waals surface area contributed by atoms with Crippen LogP contribution >= 0.6 is 7.52 Å². The zero-order valence-electron chi connectivity index (χ0n) is 23.6. The van der Waals surface area contributed by atoms with Crippen molar-refractivity contribution in [3.63, 3.8) is 0 Å². The van der Waals surface area contributed by atoms with Crippen LogP contribution in [-0.4, -0.2) is 67.6 Å². The third kappa shape index (κ3) is 9.64. The summed E-state index contributed by atoms with van der Waals surface area (Å²) in [6.07, 6.45) is 0.778. The number of carboxylic acid groups (broad SMARTS) is 1. The van der Waals surface area contributed by atoms with Crippen molar-refractivity contribution in [1.29, 1.82) is 0 Å². The van der Waals surface area contributed by atoms with E-state index in [0.29, 0.717) is 5.52 Å². The highest BCUT2D eigenvalue weighted by Gasteiger charge is 2.36. The second-order valence-corrected chi connectivity index (χ2v) is 11.1. The summed E-state index contributed by atoms with van der Waals surface area (Å²) < 4.78 is 51.5. The molecule has 0 saturated heterocycles. The van der Waals surface area contributed by atoms with E-state index in [1.165, 1.54) is 31.1 Å². The molecular formula is C26H32FN6O9P. The fourth-order valence-corrected chi connectivity index (χ4v) is 5.26. The molecule has 4 atom stereocenters. The van der Waals surface area contributed by atoms with Gasteiger partial charge in [-0.05, 0) is 32.9 Å². The molecule has 2 aromatic heterocycles. The summed E-state index contributed by atoms with van der Waals surface area (Å²) in [6, 6.07) is 7.40. The van der Waals surface area contributed by atoms with Gasteiger partial charge in [-0.25, -0.2) is 24.4 Å². The molecule has 1 aliphatic heterocycles. The number of hydrogen-bond acceptors (Lipinski definition) is 12. The Balaban J connectivity index is 0.000000557. The fourth-order valence-electron chi connectivity index (χ4n) is 3.58. The van der Waals surface area contributed by atoms with Gasteiger partial charge >= 0.3 is 19.5 Å². The van der Waals surface area contributed by atoms with E-state index in [2.05, 4.69) is 20.0 Å². The average molecular weight is 623 g/mol. The lowest BCUT2D eigenvalue weighted by atomic mass is 10.2. The first-order chi connectivity index (χ1) is 20.4. The number of Topliss-reactive ketones (excluding diaryl/α,β-unsaturated/α-hetero) is 1. The number of halogens is 1. The number of para-hydroxylation sites is 1. The molecule has 0 radical (unpaired) electrons. The van der Waals surface area contributed by atoms with Gasteiger partial charge in [0, 0.05) is 12.5 Å². The van der Waals surface area contributed by atoms with Crippen LogP contribution in [0.15, 0.2) is 54.9 Å². The van der Waals surface area contributed by atoms with E-state index in [4.69, 9.17) is 29.6 Å². The largest absolute Gasteiger partial charge is 0.481 e. The molecule has 3 heterocycles. The number of ether oxygens (including phenoxy) is 3. The molecule has 17 heteroatoms. The number of carboxylic acids is 1. The third-order valence-corrected chi connectivity index (χ3v) is 7.34. The van der Waals surface area contributed by atoms with E-state index in [0.717, 1.165) is 6.08 Å². The summed E-state index contributed by atoms with van der Waals surface area (Å²) in [5.41, 5.74) is 6.35. The lowest BCUT2D eigenvalue weighted by Crippen LogP contribution is -2.36. The van der Waals surface area contributed by atoms with E-state index in [1.54, 1.807) is 37.3 Å². The van der Waals surface area contributed by atoms with Crippen LogP contribution in [0.25, 0.3) is 11.2 Å². The quantitative estimate of drug-likeness (QED) is 0.185. The van der Waals surface area contributed by atoms with Crippen LogP contribution in [0, 0.1) is 0 Å². The molecule has 0 unspecified atom stereocenters. The van der Waals surface area contributed by atoms with Gasteiger partial charge in [0.2, 0.25) is 0 Å². The lowest BCUT2D eigenvalue weighted by molar-refractivity contribution is -0.144. The number of anilines is 1. The Morgan fingerprint density at radius 3 is 2.56 bits per heavy atom. The number of esters is 1. The van der Waals surface area contributed by atoms with Crippen LogP contribution in [0.2, 0.25) is 0 Å². The van der Waals surface area contributed by atoms with Crippen LogP contribution in [0.5, 0.6) is 5.75 Å². The van der Waals surface area contributed by atoms with Gasteiger partial charge in [-0.1, -0.05) is 18.2 Å². The number of fused-ring (bicyclic) bond motifs is 1. The highest BCUT2D eigenvalue weighted by Crippen LogP contribution is 2.45. The maximum atomic E-state index is 14.8. The molecule has 3 aromatic rings. The van der Waals surface area contributed by atoms with Gasteiger partial charge < -0.3 is 34.4 Å². The van der Waals surface area contributed by atoms with Crippen molar-refractivity contribution < 1.29 is 47.2 Å². The second kappa shape index (κ2) is 15.3. The molecule has 0 aliphatic carbocycles. The monoisotopic (exact) mass is 622 g/mol. The van der Waals surface area contributed by atoms with E-state index < -0.39 is 50.2 Å². The minimum absolute atomic E-state index is 0.0463. The van der Waals surface area contributed by atoms with Crippen LogP contribution in [-0.2, 0) is 33.2 Å². The number of hydrogen-bond donors (Lipinski definition) is 3. The molecular weight excluding hydrogens is 590 g/mol. The molecule has 4 rings (SSSR count). The number of nitrogens with two attached hydrogens (primary N) is 1. The predicted octanol–water partition coefficient (Wildman–Crippen LogP) is 3.34. The summed E-state index contributed by atoms with van der Waals surface area (Å²) in [4.78, 5) is 43.9. The number of carbonyl (C=O) groups is 3. The van der Waals surface area contributed by atoms with E-state index in [9.17, 15) is 23.3 Å². The molecule has 232 valence electrons. The summed E-state index contributed by atoms with van der Waals surface area (Å²) in [5.74, 6) is -1.84. The number of nitrogens with one attached hydrogen (secondary N) is 1. The number of nitrogen functional groups attached to an aromatic ring is 1. The number of nitrogens with zero attached hydrogens (tertiary/aromatic N) is 4. The van der Waals surface area contributed by atoms with Crippen molar-refractivity contribution in [1.82, 2.24) is 24.6 Å². The van der Waals surface area contributed by atoms with Crippen molar-refractivity contribution >= 4 is 42.2 Å². The third-order valence-electron chi connectivity index (χ3n) is 5.56. The zero-order valence-corrected chi connectivity index (χ0v) is 24.5. The summed E-state index contributed by atoms with van der Waals surface area (Å²) >= 11 is 0. The Morgan fingerprint density at radius 1 is 1.21 bits per heavy atom. The van der Waals surface area contributed by atoms with Crippen LogP contribution in [0.1, 0.15) is 39.8 Å². The maximum absolute atomic E-state index is 14.8. The standard InChI is InChI=1S/C21H24FN6O6P.C5H8O3/c1-3-31-21(29)13(2)27-35(30,34-14-7-5-4-6-8-14)12-32-16-9-15(22)20(33-16)28-11-26-17-18(23)24-10-25-19(17)28;1-4(6)2-3-5(7)8/h4-11,13,16,20H,3,12H2,1-2H3,(H,27,30)(H2,23,24,25);2-3H2,1H3,(H,7,8)/t13-,16-,20+,35-;/m0./s1. The van der Waals surface area contributed by atoms with Gasteiger partial charge in [0.25, 0.3) is 0 Å². The van der Waals surface area contributed by atoms with Crippen LogP contribution in [0.4, 0.5) is 10.2 Å². The smallest absolute Gasteiger partial charge is 0.342 e. The SMILES string of the molecule is CC(=O)CCC(=O)O.CCOC(=O)[C@H](C)N[P@](=O)(CO[C@@H]1C=C(F)[C@H](n2cnc3c(N)ncnc32)O1)Oc1ccccc1. The summed E-state index contributed by atoms with van der Waals surface area (Å²) in [5, 5.41) is 10.7. The van der Waals surface area contributed by atoms with Crippen LogP contribution < -0.4 is 15.3 Å². The summed E-state index contributed by atoms with van der Waals surface area (Å²) in [6.45, 7) is 4.68. The Kier molecular flexibility index (Phi) is 11.8.